The van der Waals surface area contributed by atoms with Crippen molar-refractivity contribution in [1.29, 1.82) is 0 Å². The Bertz CT molecular complexity index is 628. The Kier molecular flexibility index (Phi) is 3.68. The van der Waals surface area contributed by atoms with Gasteiger partial charge < -0.3 is 5.73 Å². The van der Waals surface area contributed by atoms with Gasteiger partial charge in [-0.3, -0.25) is 0 Å². The topological polar surface area (TPSA) is 26.0 Å². The van der Waals surface area contributed by atoms with E-state index in [0.29, 0.717) is 0 Å². The smallest absolute Gasteiger partial charge is 0.382 e. The Morgan fingerprint density at radius 1 is 0.810 bits per heavy atom. The van der Waals surface area contributed by atoms with Crippen LogP contribution in [-0.4, -0.2) is 11.8 Å². The zero-order valence-corrected chi connectivity index (χ0v) is 13.7. The van der Waals surface area contributed by atoms with Gasteiger partial charge in [0.2, 0.25) is 0 Å². The fraction of sp³-hybridized carbons (Fsp3) is 0.400. The van der Waals surface area contributed by atoms with Crippen molar-refractivity contribution in [3.63, 3.8) is 0 Å². The summed E-state index contributed by atoms with van der Waals surface area (Å²) in [7, 11) is 0. The van der Waals surface area contributed by atoms with E-state index >= 15 is 0 Å². The molecule has 0 fully saturated rings. The number of halogens is 10. The third kappa shape index (κ3) is 1.84. The van der Waals surface area contributed by atoms with E-state index in [1.807, 2.05) is 0 Å². The lowest BCUT2D eigenvalue weighted by Gasteiger charge is -2.43. The first-order chi connectivity index (χ1) is 9.21. The number of fused-ring (bicyclic) bond motifs is 1. The van der Waals surface area contributed by atoms with Gasteiger partial charge in [-0.25, -0.2) is 0 Å². The fourth-order valence-electron chi connectivity index (χ4n) is 1.91. The number of rotatable bonds is 0. The number of nitrogen functional groups attached to an aromatic ring is 1. The van der Waals surface area contributed by atoms with Crippen LogP contribution in [0.1, 0.15) is 11.1 Å². The van der Waals surface area contributed by atoms with Gasteiger partial charge in [0.25, 0.3) is 0 Å². The van der Waals surface area contributed by atoms with Crippen molar-refractivity contribution in [3.8, 4) is 0 Å². The van der Waals surface area contributed by atoms with Gasteiger partial charge in [-0.2, -0.15) is 35.1 Å². The summed E-state index contributed by atoms with van der Waals surface area (Å²) in [6.45, 7) is 0. The standard InChI is InChI=1S/C10H3F8I2N/c11-7(12)2-1-3(19)6(21)5(20)4(2)8(13,14)10(17,18)9(7,15)16/h1H,21H2. The summed E-state index contributed by atoms with van der Waals surface area (Å²) in [4.78, 5) is 0. The van der Waals surface area contributed by atoms with E-state index in [4.69, 9.17) is 5.73 Å². The first kappa shape index (κ1) is 17.3. The molecule has 11 heteroatoms. The van der Waals surface area contributed by atoms with Crippen molar-refractivity contribution in [1.82, 2.24) is 0 Å². The summed E-state index contributed by atoms with van der Waals surface area (Å²) in [6, 6.07) is 0.282. The minimum atomic E-state index is -6.25. The lowest BCUT2D eigenvalue weighted by molar-refractivity contribution is -0.386. The molecular formula is C10H3F8I2N. The fourth-order valence-corrected chi connectivity index (χ4v) is 3.93. The zero-order valence-electron chi connectivity index (χ0n) is 9.43. The molecule has 0 radical (unpaired) electrons. The molecule has 0 amide bonds. The quantitative estimate of drug-likeness (QED) is 0.280. The van der Waals surface area contributed by atoms with E-state index in [2.05, 4.69) is 0 Å². The molecule has 2 rings (SSSR count). The molecular weight excluding hydrogens is 540 g/mol. The Morgan fingerprint density at radius 3 is 1.71 bits per heavy atom. The van der Waals surface area contributed by atoms with Crippen LogP contribution >= 0.6 is 45.2 Å². The molecule has 0 aromatic heterocycles. The number of hydrogen-bond acceptors (Lipinski definition) is 1. The Hall–Kier alpha value is -0.0800. The van der Waals surface area contributed by atoms with Crippen LogP contribution in [0, 0.1) is 7.14 Å². The highest BCUT2D eigenvalue weighted by atomic mass is 127. The number of hydrogen-bond donors (Lipinski definition) is 1. The van der Waals surface area contributed by atoms with Gasteiger partial charge >= 0.3 is 23.7 Å². The average Bonchev–Trinajstić information content (AvgIpc) is 2.32. The molecule has 0 aliphatic heterocycles. The second kappa shape index (κ2) is 4.47. The van der Waals surface area contributed by atoms with E-state index in [-0.39, 0.29) is 9.64 Å². The second-order valence-corrected chi connectivity index (χ2v) is 6.55. The molecule has 0 heterocycles. The second-order valence-electron chi connectivity index (χ2n) is 4.31. The molecule has 118 valence electrons. The van der Waals surface area contributed by atoms with Crippen LogP contribution in [0.4, 0.5) is 40.8 Å². The van der Waals surface area contributed by atoms with Crippen LogP contribution in [0.3, 0.4) is 0 Å². The van der Waals surface area contributed by atoms with Crippen LogP contribution in [0.2, 0.25) is 0 Å². The Labute approximate surface area is 139 Å². The third-order valence-electron chi connectivity index (χ3n) is 3.09. The van der Waals surface area contributed by atoms with Crippen molar-refractivity contribution in [2.45, 2.75) is 23.7 Å². The van der Waals surface area contributed by atoms with Crippen LogP contribution < -0.4 is 5.73 Å². The molecule has 1 nitrogen and oxygen atoms in total. The zero-order chi connectivity index (χ0) is 16.6. The van der Waals surface area contributed by atoms with Crippen molar-refractivity contribution >= 4 is 50.9 Å². The summed E-state index contributed by atoms with van der Waals surface area (Å²) in [5.74, 6) is -23.4. The first-order valence-corrected chi connectivity index (χ1v) is 7.16. The van der Waals surface area contributed by atoms with Crippen molar-refractivity contribution in [2.75, 3.05) is 5.73 Å². The van der Waals surface area contributed by atoms with Crippen LogP contribution in [0.5, 0.6) is 0 Å². The molecule has 0 unspecified atom stereocenters. The van der Waals surface area contributed by atoms with Crippen LogP contribution in [0.25, 0.3) is 0 Å². The average molecular weight is 543 g/mol. The molecule has 21 heavy (non-hydrogen) atoms. The van der Waals surface area contributed by atoms with Gasteiger partial charge in [-0.1, -0.05) is 0 Å². The summed E-state index contributed by atoms with van der Waals surface area (Å²) in [5.41, 5.74) is 1.19. The maximum absolute atomic E-state index is 13.8. The van der Waals surface area contributed by atoms with E-state index in [1.54, 1.807) is 0 Å². The normalized spacial score (nSPS) is 24.5. The molecule has 1 aliphatic carbocycles. The lowest BCUT2D eigenvalue weighted by Crippen LogP contribution is -2.64. The maximum atomic E-state index is 13.8. The molecule has 1 aromatic carbocycles. The van der Waals surface area contributed by atoms with Crippen molar-refractivity contribution in [3.05, 3.63) is 24.3 Å². The van der Waals surface area contributed by atoms with Gasteiger partial charge in [-0.05, 0) is 51.2 Å². The highest BCUT2D eigenvalue weighted by Gasteiger charge is 2.85. The minimum Gasteiger partial charge on any atom is -0.397 e. The minimum absolute atomic E-state index is 0.216. The van der Waals surface area contributed by atoms with E-state index < -0.39 is 44.1 Å². The van der Waals surface area contributed by atoms with Crippen LogP contribution in [-0.2, 0) is 11.8 Å². The van der Waals surface area contributed by atoms with Gasteiger partial charge in [0.15, 0.2) is 0 Å². The molecule has 0 atom stereocenters. The number of benzene rings is 1. The van der Waals surface area contributed by atoms with Crippen molar-refractivity contribution in [2.24, 2.45) is 0 Å². The summed E-state index contributed by atoms with van der Waals surface area (Å²) in [6.07, 6.45) is 0. The largest absolute Gasteiger partial charge is 0.397 e. The molecule has 1 aromatic rings. The molecule has 0 saturated carbocycles. The Balaban J connectivity index is 3.02. The van der Waals surface area contributed by atoms with Crippen molar-refractivity contribution < 1.29 is 35.1 Å². The predicted octanol–water partition coefficient (Wildman–Crippen LogP) is 4.95. The van der Waals surface area contributed by atoms with Gasteiger partial charge in [0.1, 0.15) is 0 Å². The van der Waals surface area contributed by atoms with E-state index in [1.165, 1.54) is 22.6 Å². The number of anilines is 1. The van der Waals surface area contributed by atoms with Crippen LogP contribution in [0.15, 0.2) is 6.07 Å². The highest BCUT2D eigenvalue weighted by molar-refractivity contribution is 14.1. The molecule has 0 bridgehead atoms. The first-order valence-electron chi connectivity index (χ1n) is 5.01. The molecule has 0 spiro atoms. The van der Waals surface area contributed by atoms with E-state index in [0.717, 1.165) is 22.6 Å². The third-order valence-corrected chi connectivity index (χ3v) is 5.10. The molecule has 0 saturated heterocycles. The summed E-state index contributed by atoms with van der Waals surface area (Å²) < 4.78 is 107. The highest BCUT2D eigenvalue weighted by Crippen LogP contribution is 2.65. The summed E-state index contributed by atoms with van der Waals surface area (Å²) >= 11 is 2.43. The van der Waals surface area contributed by atoms with E-state index in [9.17, 15) is 35.1 Å². The van der Waals surface area contributed by atoms with Gasteiger partial charge in [0, 0.05) is 12.7 Å². The molecule has 1 aliphatic rings. The lowest BCUT2D eigenvalue weighted by atomic mass is 9.80. The van der Waals surface area contributed by atoms with Gasteiger partial charge in [-0.15, -0.1) is 0 Å². The van der Waals surface area contributed by atoms with Gasteiger partial charge in [0.05, 0.1) is 11.3 Å². The number of alkyl halides is 8. The Morgan fingerprint density at radius 2 is 1.24 bits per heavy atom. The number of nitrogens with two attached hydrogens (primary N) is 1. The SMILES string of the molecule is Nc1c(I)cc2c(c1I)C(F)(F)C(F)(F)C(F)(F)C2(F)F. The predicted molar refractivity (Wildman–Crippen MR) is 74.0 cm³/mol. The monoisotopic (exact) mass is 543 g/mol. The molecule has 2 N–H and O–H groups in total. The maximum Gasteiger partial charge on any atom is 0.382 e. The summed E-state index contributed by atoms with van der Waals surface area (Å²) in [5, 5.41) is 0.